The number of fused-ring (bicyclic) bond motifs is 1. The number of carbonyl (C=O) groups excluding carboxylic acids is 4. The van der Waals surface area contributed by atoms with Crippen LogP contribution >= 0.6 is 11.3 Å². The maximum absolute atomic E-state index is 14.0. The molecule has 0 spiro atoms. The first-order chi connectivity index (χ1) is 21.8. The van der Waals surface area contributed by atoms with Crippen LogP contribution in [-0.4, -0.2) is 84.3 Å². The summed E-state index contributed by atoms with van der Waals surface area (Å²) in [5.74, 6) is -0.744. The third kappa shape index (κ3) is 7.23. The van der Waals surface area contributed by atoms with Crippen molar-refractivity contribution in [3.8, 4) is 0 Å². The molecule has 2 aliphatic carbocycles. The largest absolute Gasteiger partial charge is 0.352 e. The Kier molecular flexibility index (Phi) is 9.51. The molecule has 2 heterocycles. The molecule has 10 heteroatoms. The molecule has 3 aromatic rings. The average molecular weight is 630 g/mol. The van der Waals surface area contributed by atoms with E-state index in [9.17, 15) is 19.2 Å². The molecule has 238 valence electrons. The molecule has 2 aromatic carbocycles. The molecule has 1 saturated heterocycles. The lowest BCUT2D eigenvalue weighted by molar-refractivity contribution is -0.137. The Morgan fingerprint density at radius 3 is 2.38 bits per heavy atom. The van der Waals surface area contributed by atoms with Crippen LogP contribution in [0.5, 0.6) is 0 Å². The molecule has 6 rings (SSSR count). The van der Waals surface area contributed by atoms with Crippen LogP contribution in [0.25, 0.3) is 10.1 Å². The Bertz CT molecular complexity index is 1490. The minimum atomic E-state index is -1.07. The first-order valence-electron chi connectivity index (χ1n) is 16.2. The lowest BCUT2D eigenvalue weighted by atomic mass is 9.94. The van der Waals surface area contributed by atoms with Gasteiger partial charge in [-0.05, 0) is 62.2 Å². The Hall–Kier alpha value is -3.76. The fraction of sp³-hybridized carbons (Fsp3) is 0.486. The van der Waals surface area contributed by atoms with E-state index in [1.54, 1.807) is 0 Å². The van der Waals surface area contributed by atoms with Crippen LogP contribution in [-0.2, 0) is 20.8 Å². The second-order valence-corrected chi connectivity index (χ2v) is 14.0. The summed E-state index contributed by atoms with van der Waals surface area (Å²) in [6, 6.07) is 18.4. The molecule has 1 aliphatic heterocycles. The van der Waals surface area contributed by atoms with Gasteiger partial charge >= 0.3 is 0 Å². The van der Waals surface area contributed by atoms with E-state index >= 15 is 0 Å². The van der Waals surface area contributed by atoms with Crippen LogP contribution in [0, 0.1) is 5.92 Å². The second kappa shape index (κ2) is 13.7. The zero-order chi connectivity index (χ0) is 31.4. The quantitative estimate of drug-likeness (QED) is 0.334. The molecule has 9 nitrogen and oxygen atoms in total. The molecule has 0 radical (unpaired) electrons. The standard InChI is InChI=1S/C35H43N5O4S/c1-39-17-19-40(20-18-39)33(43)26-13-14-27(22-26)36-31(41)28(21-24-9-3-2-4-10-24)37-34(44)35(15-7-8-16-35)38-32(42)30-23-25-11-5-6-12-29(25)45-30/h2-6,9-12,23,26-28H,7-8,13-22H2,1H3,(H,36,41)(H,37,44)(H,38,42)/t26-,27+,28-/m1/s1. The van der Waals surface area contributed by atoms with Crippen molar-refractivity contribution in [2.75, 3.05) is 33.2 Å². The SMILES string of the molecule is CN1CCN(C(=O)[C@@H]2CC[C@H](NC(=O)[C@@H](Cc3ccccc3)NC(=O)C3(NC(=O)c4cc5ccccc5s4)CCCC3)C2)CC1. The predicted octanol–water partition coefficient (Wildman–Crippen LogP) is 3.73. The fourth-order valence-corrected chi connectivity index (χ4v) is 8.00. The number of carbonyl (C=O) groups is 4. The van der Waals surface area contributed by atoms with Crippen LogP contribution < -0.4 is 16.0 Å². The zero-order valence-corrected chi connectivity index (χ0v) is 26.7. The monoisotopic (exact) mass is 629 g/mol. The summed E-state index contributed by atoms with van der Waals surface area (Å²) < 4.78 is 1.02. The highest BCUT2D eigenvalue weighted by molar-refractivity contribution is 7.20. The van der Waals surface area contributed by atoms with Crippen LogP contribution in [0.3, 0.4) is 0 Å². The summed E-state index contributed by atoms with van der Waals surface area (Å²) in [7, 11) is 2.07. The molecule has 0 bridgehead atoms. The van der Waals surface area contributed by atoms with E-state index < -0.39 is 11.6 Å². The van der Waals surface area contributed by atoms with Crippen molar-refractivity contribution in [1.29, 1.82) is 0 Å². The van der Waals surface area contributed by atoms with Crippen molar-refractivity contribution >= 4 is 45.1 Å². The van der Waals surface area contributed by atoms with Gasteiger partial charge in [-0.15, -0.1) is 11.3 Å². The number of rotatable bonds is 9. The first kappa shape index (κ1) is 31.2. The van der Waals surface area contributed by atoms with Gasteiger partial charge in [0.1, 0.15) is 11.6 Å². The van der Waals surface area contributed by atoms with E-state index in [0.717, 1.165) is 67.5 Å². The number of piperazine rings is 1. The molecule has 2 saturated carbocycles. The Morgan fingerprint density at radius 2 is 1.64 bits per heavy atom. The van der Waals surface area contributed by atoms with Gasteiger partial charge in [0.05, 0.1) is 4.88 Å². The number of hydrogen-bond donors (Lipinski definition) is 3. The van der Waals surface area contributed by atoms with E-state index in [1.807, 2.05) is 65.6 Å². The van der Waals surface area contributed by atoms with Crippen molar-refractivity contribution in [1.82, 2.24) is 25.8 Å². The molecule has 3 N–H and O–H groups in total. The molecule has 4 amide bonds. The Labute approximate surface area is 268 Å². The minimum Gasteiger partial charge on any atom is -0.352 e. The van der Waals surface area contributed by atoms with E-state index in [4.69, 9.17) is 0 Å². The third-order valence-corrected chi connectivity index (χ3v) is 10.9. The van der Waals surface area contributed by atoms with Gasteiger partial charge in [0.25, 0.3) is 5.91 Å². The predicted molar refractivity (Wildman–Crippen MR) is 176 cm³/mol. The van der Waals surface area contributed by atoms with Crippen molar-refractivity contribution < 1.29 is 19.2 Å². The normalized spacial score (nSPS) is 22.2. The lowest BCUT2D eigenvalue weighted by Crippen LogP contribution is -2.61. The highest BCUT2D eigenvalue weighted by Crippen LogP contribution is 2.33. The molecular formula is C35H43N5O4S. The fourth-order valence-electron chi connectivity index (χ4n) is 7.04. The number of nitrogens with zero attached hydrogens (tertiary/aromatic N) is 2. The smallest absolute Gasteiger partial charge is 0.262 e. The van der Waals surface area contributed by atoms with Crippen LogP contribution in [0.15, 0.2) is 60.7 Å². The van der Waals surface area contributed by atoms with Gasteiger partial charge in [-0.2, -0.15) is 0 Å². The van der Waals surface area contributed by atoms with E-state index in [1.165, 1.54) is 11.3 Å². The van der Waals surface area contributed by atoms with Crippen molar-refractivity contribution in [2.24, 2.45) is 5.92 Å². The van der Waals surface area contributed by atoms with E-state index in [2.05, 4.69) is 27.9 Å². The topological polar surface area (TPSA) is 111 Å². The summed E-state index contributed by atoms with van der Waals surface area (Å²) in [4.78, 5) is 59.2. The maximum Gasteiger partial charge on any atom is 0.262 e. The molecular weight excluding hydrogens is 586 g/mol. The van der Waals surface area contributed by atoms with Crippen LogP contribution in [0.2, 0.25) is 0 Å². The van der Waals surface area contributed by atoms with Gasteiger partial charge in [0, 0.05) is 49.3 Å². The van der Waals surface area contributed by atoms with Gasteiger partial charge in [-0.25, -0.2) is 0 Å². The molecule has 3 aliphatic rings. The molecule has 45 heavy (non-hydrogen) atoms. The van der Waals surface area contributed by atoms with Gasteiger partial charge in [0.2, 0.25) is 17.7 Å². The maximum atomic E-state index is 14.0. The zero-order valence-electron chi connectivity index (χ0n) is 25.9. The number of hydrogen-bond acceptors (Lipinski definition) is 6. The van der Waals surface area contributed by atoms with Gasteiger partial charge in [0.15, 0.2) is 0 Å². The highest BCUT2D eigenvalue weighted by atomic mass is 32.1. The number of nitrogens with one attached hydrogen (secondary N) is 3. The third-order valence-electron chi connectivity index (χ3n) is 9.74. The molecule has 0 unspecified atom stereocenters. The lowest BCUT2D eigenvalue weighted by Gasteiger charge is -2.34. The summed E-state index contributed by atoms with van der Waals surface area (Å²) in [5, 5.41) is 10.3. The Morgan fingerprint density at radius 1 is 0.933 bits per heavy atom. The summed E-state index contributed by atoms with van der Waals surface area (Å²) >= 11 is 1.41. The number of thiophene rings is 1. The highest BCUT2D eigenvalue weighted by Gasteiger charge is 2.44. The first-order valence-corrected chi connectivity index (χ1v) is 17.0. The minimum absolute atomic E-state index is 0.0910. The van der Waals surface area contributed by atoms with E-state index in [0.29, 0.717) is 30.6 Å². The second-order valence-electron chi connectivity index (χ2n) is 13.0. The number of likely N-dealkylation sites (N-methyl/N-ethyl adjacent to an activating group) is 1. The van der Waals surface area contributed by atoms with Crippen molar-refractivity contribution in [3.05, 3.63) is 71.1 Å². The van der Waals surface area contributed by atoms with Gasteiger partial charge in [-0.3, -0.25) is 19.2 Å². The van der Waals surface area contributed by atoms with Crippen molar-refractivity contribution in [2.45, 2.75) is 69.0 Å². The van der Waals surface area contributed by atoms with Crippen LogP contribution in [0.4, 0.5) is 0 Å². The summed E-state index contributed by atoms with van der Waals surface area (Å²) in [6.45, 7) is 3.25. The number of benzene rings is 2. The van der Waals surface area contributed by atoms with E-state index in [-0.39, 0.29) is 35.6 Å². The Balaban J connectivity index is 1.13. The molecule has 3 atom stereocenters. The summed E-state index contributed by atoms with van der Waals surface area (Å²) in [5.41, 5.74) is -0.141. The van der Waals surface area contributed by atoms with Crippen LogP contribution in [0.1, 0.15) is 60.2 Å². The molecule has 3 fully saturated rings. The summed E-state index contributed by atoms with van der Waals surface area (Å²) in [6.07, 6.45) is 5.10. The van der Waals surface area contributed by atoms with Crippen molar-refractivity contribution in [3.63, 3.8) is 0 Å². The average Bonchev–Trinajstić information content (AvgIpc) is 3.82. The molecule has 1 aromatic heterocycles. The van der Waals surface area contributed by atoms with Gasteiger partial charge in [-0.1, -0.05) is 61.4 Å². The number of amides is 4. The van der Waals surface area contributed by atoms with Gasteiger partial charge < -0.3 is 25.8 Å².